The molecule has 1 saturated heterocycles. The number of likely N-dealkylation sites (tertiary alicyclic amines) is 1. The number of fused-ring (bicyclic) bond motifs is 1. The van der Waals surface area contributed by atoms with E-state index in [9.17, 15) is 0 Å². The summed E-state index contributed by atoms with van der Waals surface area (Å²) in [6.07, 6.45) is 3.66. The molecule has 1 aromatic carbocycles. The van der Waals surface area contributed by atoms with E-state index >= 15 is 0 Å². The van der Waals surface area contributed by atoms with Crippen molar-refractivity contribution in [1.29, 1.82) is 0 Å². The average molecular weight is 230 g/mol. The molecule has 0 spiro atoms. The third-order valence-corrected chi connectivity index (χ3v) is 3.50. The molecule has 2 N–H and O–H groups in total. The zero-order valence-electron chi connectivity index (χ0n) is 9.98. The van der Waals surface area contributed by atoms with Gasteiger partial charge in [0.15, 0.2) is 5.58 Å². The molecule has 1 fully saturated rings. The normalized spacial score (nSPS) is 16.9. The summed E-state index contributed by atoms with van der Waals surface area (Å²) in [6.45, 7) is 3.57. The summed E-state index contributed by atoms with van der Waals surface area (Å²) >= 11 is 0. The number of hydrogen-bond donors (Lipinski definition) is 1. The quantitative estimate of drug-likeness (QED) is 0.824. The Morgan fingerprint density at radius 1 is 1.24 bits per heavy atom. The van der Waals surface area contributed by atoms with Gasteiger partial charge < -0.3 is 15.1 Å². The molecular weight excluding hydrogens is 212 g/mol. The molecule has 90 valence electrons. The number of anilines is 1. The van der Waals surface area contributed by atoms with Gasteiger partial charge in [0.2, 0.25) is 0 Å². The van der Waals surface area contributed by atoms with Gasteiger partial charge in [0.05, 0.1) is 5.69 Å². The van der Waals surface area contributed by atoms with Gasteiger partial charge in [-0.05, 0) is 38.1 Å². The molecule has 3 nitrogen and oxygen atoms in total. The first kappa shape index (κ1) is 10.7. The molecule has 3 heteroatoms. The molecule has 0 saturated carbocycles. The largest absolute Gasteiger partial charge is 0.459 e. The van der Waals surface area contributed by atoms with E-state index in [0.717, 1.165) is 35.4 Å². The van der Waals surface area contributed by atoms with Crippen molar-refractivity contribution in [3.8, 4) is 0 Å². The Morgan fingerprint density at radius 3 is 2.82 bits per heavy atom. The number of rotatable bonds is 3. The third-order valence-electron chi connectivity index (χ3n) is 3.50. The number of furan rings is 1. The number of benzene rings is 1. The predicted molar refractivity (Wildman–Crippen MR) is 70.0 cm³/mol. The van der Waals surface area contributed by atoms with Crippen LogP contribution in [-0.2, 0) is 6.42 Å². The van der Waals surface area contributed by atoms with E-state index in [-0.39, 0.29) is 0 Å². The van der Waals surface area contributed by atoms with Gasteiger partial charge in [-0.2, -0.15) is 0 Å². The number of para-hydroxylation sites is 1. The molecule has 2 aromatic rings. The minimum atomic E-state index is 0.731. The number of nitrogens with zero attached hydrogens (tertiary/aromatic N) is 1. The molecule has 2 heterocycles. The van der Waals surface area contributed by atoms with Crippen molar-refractivity contribution >= 4 is 16.7 Å². The Hall–Kier alpha value is -1.48. The summed E-state index contributed by atoms with van der Waals surface area (Å²) in [5.41, 5.74) is 7.45. The van der Waals surface area contributed by atoms with Crippen LogP contribution in [-0.4, -0.2) is 24.5 Å². The molecular formula is C14H18N2O. The summed E-state index contributed by atoms with van der Waals surface area (Å²) in [4.78, 5) is 2.50. The molecule has 3 rings (SSSR count). The summed E-state index contributed by atoms with van der Waals surface area (Å²) in [5, 5.41) is 1.11. The second-order valence-corrected chi connectivity index (χ2v) is 4.78. The summed E-state index contributed by atoms with van der Waals surface area (Å²) < 4.78 is 5.81. The molecule has 0 radical (unpaired) electrons. The first-order valence-corrected chi connectivity index (χ1v) is 6.32. The van der Waals surface area contributed by atoms with E-state index in [1.165, 1.54) is 25.9 Å². The fourth-order valence-electron chi connectivity index (χ4n) is 2.54. The van der Waals surface area contributed by atoms with Gasteiger partial charge in [0.1, 0.15) is 5.76 Å². The van der Waals surface area contributed by atoms with Crippen molar-refractivity contribution in [3.63, 3.8) is 0 Å². The van der Waals surface area contributed by atoms with Crippen LogP contribution < -0.4 is 5.73 Å². The molecule has 1 aliphatic rings. The molecule has 0 unspecified atom stereocenters. The van der Waals surface area contributed by atoms with Crippen LogP contribution in [0.5, 0.6) is 0 Å². The van der Waals surface area contributed by atoms with Crippen LogP contribution in [0.4, 0.5) is 5.69 Å². The Kier molecular flexibility index (Phi) is 2.77. The molecule has 0 bridgehead atoms. The second kappa shape index (κ2) is 4.41. The Morgan fingerprint density at radius 2 is 2.06 bits per heavy atom. The van der Waals surface area contributed by atoms with Crippen molar-refractivity contribution in [2.24, 2.45) is 0 Å². The van der Waals surface area contributed by atoms with Gasteiger partial charge in [-0.1, -0.05) is 12.1 Å². The monoisotopic (exact) mass is 230 g/mol. The van der Waals surface area contributed by atoms with Crippen LogP contribution in [0.25, 0.3) is 11.0 Å². The molecule has 0 aliphatic carbocycles. The highest BCUT2D eigenvalue weighted by molar-refractivity contribution is 5.88. The van der Waals surface area contributed by atoms with Crippen molar-refractivity contribution in [2.75, 3.05) is 25.4 Å². The molecule has 17 heavy (non-hydrogen) atoms. The van der Waals surface area contributed by atoms with Crippen LogP contribution in [0.3, 0.4) is 0 Å². The van der Waals surface area contributed by atoms with E-state index < -0.39 is 0 Å². The van der Waals surface area contributed by atoms with E-state index in [1.54, 1.807) is 0 Å². The van der Waals surface area contributed by atoms with Crippen LogP contribution in [0.1, 0.15) is 18.6 Å². The fourth-order valence-corrected chi connectivity index (χ4v) is 2.54. The number of hydrogen-bond acceptors (Lipinski definition) is 3. The van der Waals surface area contributed by atoms with E-state index in [0.29, 0.717) is 0 Å². The van der Waals surface area contributed by atoms with E-state index in [2.05, 4.69) is 17.0 Å². The lowest BCUT2D eigenvalue weighted by Gasteiger charge is -2.12. The Balaban J connectivity index is 1.74. The zero-order valence-corrected chi connectivity index (χ0v) is 9.98. The van der Waals surface area contributed by atoms with E-state index in [4.69, 9.17) is 10.2 Å². The zero-order chi connectivity index (χ0) is 11.7. The molecule has 0 amide bonds. The minimum absolute atomic E-state index is 0.731. The Bertz CT molecular complexity index is 512. The van der Waals surface area contributed by atoms with Gasteiger partial charge >= 0.3 is 0 Å². The standard InChI is InChI=1S/C14H18N2O/c15-13-5-3-4-11-10-12(17-14(11)13)6-9-16-7-1-2-8-16/h3-5,10H,1-2,6-9,15H2. The van der Waals surface area contributed by atoms with Crippen molar-refractivity contribution in [2.45, 2.75) is 19.3 Å². The smallest absolute Gasteiger partial charge is 0.157 e. The highest BCUT2D eigenvalue weighted by Crippen LogP contribution is 2.25. The maximum Gasteiger partial charge on any atom is 0.157 e. The van der Waals surface area contributed by atoms with Gasteiger partial charge in [0, 0.05) is 18.4 Å². The van der Waals surface area contributed by atoms with Crippen molar-refractivity contribution < 1.29 is 4.42 Å². The lowest BCUT2D eigenvalue weighted by Crippen LogP contribution is -2.21. The van der Waals surface area contributed by atoms with Gasteiger partial charge in [-0.15, -0.1) is 0 Å². The molecule has 1 aromatic heterocycles. The fraction of sp³-hybridized carbons (Fsp3) is 0.429. The van der Waals surface area contributed by atoms with Crippen LogP contribution in [0.2, 0.25) is 0 Å². The van der Waals surface area contributed by atoms with Gasteiger partial charge in [-0.25, -0.2) is 0 Å². The van der Waals surface area contributed by atoms with Crippen molar-refractivity contribution in [1.82, 2.24) is 4.90 Å². The Labute approximate surface area is 101 Å². The van der Waals surface area contributed by atoms with Gasteiger partial charge in [0.25, 0.3) is 0 Å². The van der Waals surface area contributed by atoms with E-state index in [1.807, 2.05) is 12.1 Å². The predicted octanol–water partition coefficient (Wildman–Crippen LogP) is 2.65. The highest BCUT2D eigenvalue weighted by Gasteiger charge is 2.12. The first-order chi connectivity index (χ1) is 8.33. The second-order valence-electron chi connectivity index (χ2n) is 4.78. The van der Waals surface area contributed by atoms with Crippen molar-refractivity contribution in [3.05, 3.63) is 30.0 Å². The van der Waals surface area contributed by atoms with Crippen LogP contribution in [0.15, 0.2) is 28.7 Å². The number of nitrogens with two attached hydrogens (primary N) is 1. The summed E-state index contributed by atoms with van der Waals surface area (Å²) in [6, 6.07) is 8.02. The highest BCUT2D eigenvalue weighted by atomic mass is 16.3. The van der Waals surface area contributed by atoms with Crippen LogP contribution >= 0.6 is 0 Å². The molecule has 1 aliphatic heterocycles. The third kappa shape index (κ3) is 2.15. The topological polar surface area (TPSA) is 42.4 Å². The summed E-state index contributed by atoms with van der Waals surface area (Å²) in [7, 11) is 0. The average Bonchev–Trinajstić information content (AvgIpc) is 2.95. The number of nitrogen functional groups attached to an aromatic ring is 1. The maximum atomic E-state index is 5.88. The van der Waals surface area contributed by atoms with Crippen LogP contribution in [0, 0.1) is 0 Å². The SMILES string of the molecule is Nc1cccc2cc(CCN3CCCC3)oc12. The first-order valence-electron chi connectivity index (χ1n) is 6.32. The lowest BCUT2D eigenvalue weighted by atomic mass is 10.2. The lowest BCUT2D eigenvalue weighted by molar-refractivity contribution is 0.333. The van der Waals surface area contributed by atoms with Gasteiger partial charge in [-0.3, -0.25) is 0 Å². The summed E-state index contributed by atoms with van der Waals surface area (Å²) in [5.74, 6) is 1.05. The minimum Gasteiger partial charge on any atom is -0.459 e. The molecule has 0 atom stereocenters. The maximum absolute atomic E-state index is 5.88.